The lowest BCUT2D eigenvalue weighted by Crippen LogP contribution is -2.30. The van der Waals surface area contributed by atoms with E-state index in [1.807, 2.05) is 43.3 Å². The van der Waals surface area contributed by atoms with Crippen molar-refractivity contribution in [3.05, 3.63) is 70.3 Å². The van der Waals surface area contributed by atoms with Gasteiger partial charge >= 0.3 is 0 Å². The predicted molar refractivity (Wildman–Crippen MR) is 141 cm³/mol. The van der Waals surface area contributed by atoms with Gasteiger partial charge in [0.05, 0.1) is 18.2 Å². The number of Topliss-reactive ketones (excluding diaryl/α,β-unsaturated/α-hetero) is 1. The fourth-order valence-corrected chi connectivity index (χ4v) is 4.32. The van der Waals surface area contributed by atoms with E-state index in [-0.39, 0.29) is 16.7 Å². The molecule has 2 aromatic rings. The second kappa shape index (κ2) is 10.7. The van der Waals surface area contributed by atoms with Gasteiger partial charge < -0.3 is 14.7 Å². The third-order valence-corrected chi connectivity index (χ3v) is 6.41. The van der Waals surface area contributed by atoms with Gasteiger partial charge in [-0.15, -0.1) is 0 Å². The van der Waals surface area contributed by atoms with Crippen LogP contribution in [0.1, 0.15) is 82.7 Å². The maximum atomic E-state index is 13.2. The molecule has 3 rings (SSSR count). The Balaban J connectivity index is 2.08. The average molecular weight is 478 g/mol. The molecule has 5 heteroatoms. The van der Waals surface area contributed by atoms with Gasteiger partial charge in [0.2, 0.25) is 0 Å². The third kappa shape index (κ3) is 5.77. The summed E-state index contributed by atoms with van der Waals surface area (Å²) in [5.41, 5.74) is 3.48. The van der Waals surface area contributed by atoms with Crippen LogP contribution in [0.25, 0.3) is 5.76 Å². The Bertz CT molecular complexity index is 1110. The van der Waals surface area contributed by atoms with E-state index in [0.29, 0.717) is 24.6 Å². The van der Waals surface area contributed by atoms with Crippen LogP contribution >= 0.6 is 0 Å². The van der Waals surface area contributed by atoms with Crippen molar-refractivity contribution < 1.29 is 19.4 Å². The van der Waals surface area contributed by atoms with Gasteiger partial charge in [-0.1, -0.05) is 72.2 Å². The van der Waals surface area contributed by atoms with E-state index in [9.17, 15) is 14.7 Å². The molecule has 0 aliphatic carbocycles. The van der Waals surface area contributed by atoms with Gasteiger partial charge in [0.15, 0.2) is 0 Å². The molecule has 2 aromatic carbocycles. The summed E-state index contributed by atoms with van der Waals surface area (Å²) in [7, 11) is 0. The number of ketones is 1. The molecule has 1 aliphatic rings. The van der Waals surface area contributed by atoms with E-state index < -0.39 is 17.7 Å². The van der Waals surface area contributed by atoms with Crippen molar-refractivity contribution in [3.8, 4) is 5.75 Å². The predicted octanol–water partition coefficient (Wildman–Crippen LogP) is 6.55. The molecule has 1 atom stereocenters. The number of likely N-dealkylation sites (tertiary alicyclic amines) is 1. The van der Waals surface area contributed by atoms with Gasteiger partial charge in [-0.2, -0.15) is 0 Å². The lowest BCUT2D eigenvalue weighted by molar-refractivity contribution is -0.139. The number of nitrogens with zero attached hydrogens (tertiary/aromatic N) is 1. The summed E-state index contributed by atoms with van der Waals surface area (Å²) in [6.45, 7) is 15.6. The smallest absolute Gasteiger partial charge is 0.295 e. The van der Waals surface area contributed by atoms with Crippen LogP contribution in [0.5, 0.6) is 5.75 Å². The topological polar surface area (TPSA) is 66.8 Å². The maximum Gasteiger partial charge on any atom is 0.295 e. The number of benzene rings is 2. The number of rotatable bonds is 8. The van der Waals surface area contributed by atoms with Crippen molar-refractivity contribution in [1.29, 1.82) is 0 Å². The monoisotopic (exact) mass is 477 g/mol. The van der Waals surface area contributed by atoms with Crippen LogP contribution in [0.3, 0.4) is 0 Å². The zero-order chi connectivity index (χ0) is 25.9. The van der Waals surface area contributed by atoms with Gasteiger partial charge in [0.25, 0.3) is 11.7 Å². The van der Waals surface area contributed by atoms with Crippen molar-refractivity contribution in [2.45, 2.75) is 72.8 Å². The van der Waals surface area contributed by atoms with Gasteiger partial charge in [-0.05, 0) is 59.6 Å². The largest absolute Gasteiger partial charge is 0.507 e. The van der Waals surface area contributed by atoms with Crippen LogP contribution in [-0.4, -0.2) is 34.8 Å². The number of hydrogen-bond acceptors (Lipinski definition) is 4. The number of aliphatic hydroxyl groups is 1. The lowest BCUT2D eigenvalue weighted by atomic mass is 9.85. The van der Waals surface area contributed by atoms with Crippen LogP contribution in [0.4, 0.5) is 0 Å². The average Bonchev–Trinajstić information content (AvgIpc) is 3.05. The summed E-state index contributed by atoms with van der Waals surface area (Å²) in [6, 6.07) is 12.8. The Labute approximate surface area is 209 Å². The molecule has 1 N–H and O–H groups in total. The minimum absolute atomic E-state index is 0.0144. The number of hydrogen-bond donors (Lipinski definition) is 1. The van der Waals surface area contributed by atoms with Gasteiger partial charge in [0.1, 0.15) is 11.5 Å². The second-order valence-electron chi connectivity index (χ2n) is 10.9. The Hall–Kier alpha value is -3.08. The van der Waals surface area contributed by atoms with Gasteiger partial charge in [0, 0.05) is 12.1 Å². The van der Waals surface area contributed by atoms with Crippen molar-refractivity contribution in [3.63, 3.8) is 0 Å². The van der Waals surface area contributed by atoms with Crippen LogP contribution in [-0.2, 0) is 15.0 Å². The summed E-state index contributed by atoms with van der Waals surface area (Å²) < 4.78 is 5.86. The fourth-order valence-electron chi connectivity index (χ4n) is 4.32. The number of aliphatic hydroxyl groups excluding tert-OH is 1. The summed E-state index contributed by atoms with van der Waals surface area (Å²) in [4.78, 5) is 27.9. The molecule has 1 saturated heterocycles. The van der Waals surface area contributed by atoms with Crippen LogP contribution < -0.4 is 4.74 Å². The number of aryl methyl sites for hydroxylation is 1. The zero-order valence-electron chi connectivity index (χ0n) is 22.1. The highest BCUT2D eigenvalue weighted by Gasteiger charge is 2.45. The lowest BCUT2D eigenvalue weighted by Gasteiger charge is -2.26. The third-order valence-electron chi connectivity index (χ3n) is 6.41. The van der Waals surface area contributed by atoms with E-state index in [1.165, 1.54) is 5.56 Å². The summed E-state index contributed by atoms with van der Waals surface area (Å²) >= 11 is 0. The van der Waals surface area contributed by atoms with E-state index in [2.05, 4.69) is 41.5 Å². The van der Waals surface area contributed by atoms with Crippen molar-refractivity contribution in [1.82, 2.24) is 4.90 Å². The molecule has 0 saturated carbocycles. The van der Waals surface area contributed by atoms with Crippen LogP contribution in [0.2, 0.25) is 0 Å². The molecular weight excluding hydrogens is 438 g/mol. The second-order valence-corrected chi connectivity index (χ2v) is 10.9. The number of unbranched alkanes of at least 4 members (excludes halogenated alkanes) is 1. The summed E-state index contributed by atoms with van der Waals surface area (Å²) in [6.07, 6.45) is 1.68. The van der Waals surface area contributed by atoms with E-state index >= 15 is 0 Å². The normalized spacial score (nSPS) is 17.9. The highest BCUT2D eigenvalue weighted by atomic mass is 16.5. The molecule has 5 nitrogen and oxygen atoms in total. The van der Waals surface area contributed by atoms with Crippen molar-refractivity contribution in [2.24, 2.45) is 5.92 Å². The Kier molecular flexibility index (Phi) is 8.09. The molecule has 0 bridgehead atoms. The van der Waals surface area contributed by atoms with Crippen LogP contribution in [0.15, 0.2) is 48.0 Å². The molecule has 188 valence electrons. The quantitative estimate of drug-likeness (QED) is 0.266. The maximum absolute atomic E-state index is 13.2. The van der Waals surface area contributed by atoms with E-state index in [4.69, 9.17) is 4.74 Å². The zero-order valence-corrected chi connectivity index (χ0v) is 22.1. The molecule has 0 spiro atoms. The first-order chi connectivity index (χ1) is 16.5. The first-order valence-electron chi connectivity index (χ1n) is 12.6. The first kappa shape index (κ1) is 26.5. The van der Waals surface area contributed by atoms with E-state index in [0.717, 1.165) is 29.7 Å². The molecular formula is C30H39NO4. The number of ether oxygens (including phenoxy) is 1. The molecule has 1 amide bonds. The summed E-state index contributed by atoms with van der Waals surface area (Å²) in [5.74, 6) is -0.204. The van der Waals surface area contributed by atoms with Crippen LogP contribution in [0, 0.1) is 12.8 Å². The Morgan fingerprint density at radius 2 is 1.74 bits per heavy atom. The molecule has 35 heavy (non-hydrogen) atoms. The molecule has 1 aliphatic heterocycles. The number of carbonyl (C=O) groups is 2. The molecule has 0 radical (unpaired) electrons. The number of amides is 1. The van der Waals surface area contributed by atoms with Gasteiger partial charge in [-0.25, -0.2) is 0 Å². The molecule has 1 unspecified atom stereocenters. The van der Waals surface area contributed by atoms with E-state index in [1.54, 1.807) is 11.0 Å². The van der Waals surface area contributed by atoms with Gasteiger partial charge in [-0.3, -0.25) is 9.59 Å². The minimum atomic E-state index is -0.638. The Morgan fingerprint density at radius 3 is 2.29 bits per heavy atom. The molecule has 1 heterocycles. The molecule has 0 aromatic heterocycles. The molecule has 1 fully saturated rings. The fraction of sp³-hybridized carbons (Fsp3) is 0.467. The first-order valence-corrected chi connectivity index (χ1v) is 12.6. The summed E-state index contributed by atoms with van der Waals surface area (Å²) in [5, 5.41) is 11.3. The Morgan fingerprint density at radius 1 is 1.09 bits per heavy atom. The SMILES string of the molecule is CCCCN1C(=O)C(=O)/C(=C(\O)c2ccc(OCC(C)C)c(C)c2)C1c1ccc(C(C)(C)C)cc1. The number of carbonyl (C=O) groups excluding carboxylic acids is 2. The highest BCUT2D eigenvalue weighted by Crippen LogP contribution is 2.40. The van der Waals surface area contributed by atoms with Crippen molar-refractivity contribution >= 4 is 17.4 Å². The van der Waals surface area contributed by atoms with Crippen molar-refractivity contribution in [2.75, 3.05) is 13.2 Å². The standard InChI is InChI=1S/C30H39NO4/c1-8-9-16-31-26(21-10-13-23(14-11-21)30(5,6)7)25(28(33)29(31)34)27(32)22-12-15-24(20(4)17-22)35-18-19(2)3/h10-15,17,19,26,32H,8-9,16,18H2,1-7H3/b27-25-. The highest BCUT2D eigenvalue weighted by molar-refractivity contribution is 6.46. The minimum Gasteiger partial charge on any atom is -0.507 e.